The summed E-state index contributed by atoms with van der Waals surface area (Å²) in [7, 11) is 0. The number of fused-ring (bicyclic) bond motifs is 1. The largest absolute Gasteiger partial charge is 0.268 e. The van der Waals surface area contributed by atoms with Gasteiger partial charge >= 0.3 is 0 Å². The number of nitrogens with zero attached hydrogens (tertiary/aromatic N) is 2. The number of aryl methyl sites for hydroxylation is 1. The summed E-state index contributed by atoms with van der Waals surface area (Å²) < 4.78 is 15.5. The fourth-order valence-corrected chi connectivity index (χ4v) is 3.22. The van der Waals surface area contributed by atoms with Crippen molar-refractivity contribution in [2.24, 2.45) is 0 Å². The lowest BCUT2D eigenvalue weighted by molar-refractivity contribution is 0.615. The number of para-hydroxylation sites is 1. The van der Waals surface area contributed by atoms with Crippen LogP contribution in [0.25, 0.3) is 16.6 Å². The number of aromatic nitrogens is 2. The monoisotopic (exact) mass is 328 g/mol. The Morgan fingerprint density at radius 3 is 2.74 bits per heavy atom. The van der Waals surface area contributed by atoms with Gasteiger partial charge in [0.15, 0.2) is 5.16 Å². The molecule has 118 valence electrons. The Bertz CT molecular complexity index is 921. The van der Waals surface area contributed by atoms with Gasteiger partial charge in [-0.2, -0.15) is 0 Å². The molecule has 0 aliphatic rings. The summed E-state index contributed by atoms with van der Waals surface area (Å²) in [6.07, 6.45) is 0.968. The average Bonchev–Trinajstić information content (AvgIpc) is 2.56. The molecule has 0 amide bonds. The molecule has 0 atom stereocenters. The molecular formula is C18H17FN2OS. The van der Waals surface area contributed by atoms with Gasteiger partial charge in [-0.05, 0) is 43.2 Å². The minimum Gasteiger partial charge on any atom is -0.268 e. The quantitative estimate of drug-likeness (QED) is 0.528. The molecular weight excluding hydrogens is 311 g/mol. The summed E-state index contributed by atoms with van der Waals surface area (Å²) in [5, 5.41) is 1.13. The minimum atomic E-state index is -0.325. The SMILES string of the molecule is CCCSc1nc2ccccc2c(=O)n1-c1ccc(C)c(F)c1. The lowest BCUT2D eigenvalue weighted by atomic mass is 10.2. The maximum atomic E-state index is 14.0. The van der Waals surface area contributed by atoms with Gasteiger partial charge in [0.25, 0.3) is 5.56 Å². The molecule has 0 aliphatic carbocycles. The molecule has 3 aromatic rings. The lowest BCUT2D eigenvalue weighted by Gasteiger charge is -2.13. The minimum absolute atomic E-state index is 0.169. The zero-order chi connectivity index (χ0) is 16.4. The van der Waals surface area contributed by atoms with Crippen LogP contribution in [0.4, 0.5) is 4.39 Å². The fraction of sp³-hybridized carbons (Fsp3) is 0.222. The Hall–Kier alpha value is -2.14. The first-order valence-corrected chi connectivity index (χ1v) is 8.51. The summed E-state index contributed by atoms with van der Waals surface area (Å²) >= 11 is 1.51. The maximum Gasteiger partial charge on any atom is 0.266 e. The molecule has 0 radical (unpaired) electrons. The predicted octanol–water partition coefficient (Wildman–Crippen LogP) is 4.34. The van der Waals surface area contributed by atoms with Gasteiger partial charge in [-0.15, -0.1) is 0 Å². The van der Waals surface area contributed by atoms with E-state index in [1.54, 1.807) is 25.1 Å². The van der Waals surface area contributed by atoms with E-state index in [0.717, 1.165) is 12.2 Å². The second-order valence-electron chi connectivity index (χ2n) is 5.33. The van der Waals surface area contributed by atoms with Crippen LogP contribution in [0, 0.1) is 12.7 Å². The van der Waals surface area contributed by atoms with Gasteiger partial charge in [-0.25, -0.2) is 9.37 Å². The molecule has 1 heterocycles. The van der Waals surface area contributed by atoms with Gasteiger partial charge in [-0.1, -0.05) is 36.9 Å². The Morgan fingerprint density at radius 1 is 1.22 bits per heavy atom. The van der Waals surface area contributed by atoms with E-state index in [0.29, 0.717) is 27.3 Å². The van der Waals surface area contributed by atoms with E-state index in [2.05, 4.69) is 11.9 Å². The number of thioether (sulfide) groups is 1. The van der Waals surface area contributed by atoms with E-state index >= 15 is 0 Å². The summed E-state index contributed by atoms with van der Waals surface area (Å²) in [6, 6.07) is 12.1. The van der Waals surface area contributed by atoms with Crippen molar-refractivity contribution < 1.29 is 4.39 Å². The molecule has 0 aliphatic heterocycles. The first kappa shape index (κ1) is 15.7. The zero-order valence-electron chi connectivity index (χ0n) is 13.0. The Labute approximate surface area is 138 Å². The second-order valence-corrected chi connectivity index (χ2v) is 6.40. The molecule has 0 saturated carbocycles. The molecule has 0 N–H and O–H groups in total. The van der Waals surface area contributed by atoms with Crippen molar-refractivity contribution in [3.05, 3.63) is 64.2 Å². The van der Waals surface area contributed by atoms with Crippen molar-refractivity contribution in [2.75, 3.05) is 5.75 Å². The normalized spacial score (nSPS) is 11.1. The van der Waals surface area contributed by atoms with Gasteiger partial charge in [-0.3, -0.25) is 9.36 Å². The Balaban J connectivity index is 2.29. The van der Waals surface area contributed by atoms with Crippen molar-refractivity contribution in [1.82, 2.24) is 9.55 Å². The molecule has 0 fully saturated rings. The Morgan fingerprint density at radius 2 is 2.00 bits per heavy atom. The third-order valence-corrected chi connectivity index (χ3v) is 4.74. The van der Waals surface area contributed by atoms with Crippen molar-refractivity contribution in [3.8, 4) is 5.69 Å². The molecule has 0 spiro atoms. The summed E-state index contributed by atoms with van der Waals surface area (Å²) in [5.74, 6) is 0.521. The number of halogens is 1. The van der Waals surface area contributed by atoms with Crippen LogP contribution in [-0.4, -0.2) is 15.3 Å². The standard InChI is InChI=1S/C18H17FN2OS/c1-3-10-23-18-20-16-7-5-4-6-14(16)17(22)21(18)13-9-8-12(2)15(19)11-13/h4-9,11H,3,10H2,1-2H3. The lowest BCUT2D eigenvalue weighted by Crippen LogP contribution is -2.22. The van der Waals surface area contributed by atoms with Gasteiger partial charge in [0, 0.05) is 5.75 Å². The fourth-order valence-electron chi connectivity index (χ4n) is 2.35. The van der Waals surface area contributed by atoms with E-state index in [1.165, 1.54) is 22.4 Å². The van der Waals surface area contributed by atoms with Crippen LogP contribution in [0.3, 0.4) is 0 Å². The van der Waals surface area contributed by atoms with Crippen LogP contribution in [0.1, 0.15) is 18.9 Å². The topological polar surface area (TPSA) is 34.9 Å². The third-order valence-electron chi connectivity index (χ3n) is 3.59. The number of hydrogen-bond acceptors (Lipinski definition) is 3. The van der Waals surface area contributed by atoms with Crippen LogP contribution in [-0.2, 0) is 0 Å². The maximum absolute atomic E-state index is 14.0. The van der Waals surface area contributed by atoms with Crippen LogP contribution >= 0.6 is 11.8 Å². The van der Waals surface area contributed by atoms with E-state index < -0.39 is 0 Å². The molecule has 0 bridgehead atoms. The average molecular weight is 328 g/mol. The third kappa shape index (κ3) is 3.01. The first-order valence-electron chi connectivity index (χ1n) is 7.53. The van der Waals surface area contributed by atoms with E-state index in [-0.39, 0.29) is 11.4 Å². The van der Waals surface area contributed by atoms with Gasteiger partial charge in [0.2, 0.25) is 0 Å². The number of benzene rings is 2. The van der Waals surface area contributed by atoms with E-state index in [4.69, 9.17) is 0 Å². The number of rotatable bonds is 4. The van der Waals surface area contributed by atoms with Crippen LogP contribution in [0.15, 0.2) is 52.4 Å². The van der Waals surface area contributed by atoms with Gasteiger partial charge in [0.1, 0.15) is 5.82 Å². The molecule has 3 rings (SSSR count). The molecule has 2 aromatic carbocycles. The molecule has 5 heteroatoms. The highest BCUT2D eigenvalue weighted by atomic mass is 32.2. The van der Waals surface area contributed by atoms with Crippen LogP contribution < -0.4 is 5.56 Å². The molecule has 0 saturated heterocycles. The van der Waals surface area contributed by atoms with Crippen molar-refractivity contribution in [2.45, 2.75) is 25.4 Å². The highest BCUT2D eigenvalue weighted by molar-refractivity contribution is 7.99. The highest BCUT2D eigenvalue weighted by Crippen LogP contribution is 2.22. The van der Waals surface area contributed by atoms with E-state index in [9.17, 15) is 9.18 Å². The summed E-state index contributed by atoms with van der Waals surface area (Å²) in [6.45, 7) is 3.77. The molecule has 1 aromatic heterocycles. The van der Waals surface area contributed by atoms with E-state index in [1.807, 2.05) is 18.2 Å². The molecule has 3 nitrogen and oxygen atoms in total. The number of hydrogen-bond donors (Lipinski definition) is 0. The van der Waals surface area contributed by atoms with Crippen molar-refractivity contribution in [3.63, 3.8) is 0 Å². The van der Waals surface area contributed by atoms with Crippen LogP contribution in [0.5, 0.6) is 0 Å². The molecule has 0 unspecified atom stereocenters. The first-order chi connectivity index (χ1) is 11.1. The molecule has 23 heavy (non-hydrogen) atoms. The van der Waals surface area contributed by atoms with Crippen molar-refractivity contribution >= 4 is 22.7 Å². The Kier molecular flexibility index (Phi) is 4.48. The summed E-state index contributed by atoms with van der Waals surface area (Å²) in [5.41, 5.74) is 1.56. The highest BCUT2D eigenvalue weighted by Gasteiger charge is 2.13. The van der Waals surface area contributed by atoms with Gasteiger partial charge in [0.05, 0.1) is 16.6 Å². The smallest absolute Gasteiger partial charge is 0.266 e. The predicted molar refractivity (Wildman–Crippen MR) is 93.1 cm³/mol. The van der Waals surface area contributed by atoms with Crippen molar-refractivity contribution in [1.29, 1.82) is 0 Å². The van der Waals surface area contributed by atoms with Gasteiger partial charge < -0.3 is 0 Å². The zero-order valence-corrected chi connectivity index (χ0v) is 13.9. The van der Waals surface area contributed by atoms with Crippen LogP contribution in [0.2, 0.25) is 0 Å². The second kappa shape index (κ2) is 6.54. The summed E-state index contributed by atoms with van der Waals surface area (Å²) in [4.78, 5) is 17.5.